The number of benzene rings is 2. The van der Waals surface area contributed by atoms with Gasteiger partial charge in [-0.25, -0.2) is 14.0 Å². The first-order valence-corrected chi connectivity index (χ1v) is 8.35. The predicted octanol–water partition coefficient (Wildman–Crippen LogP) is 3.51. The highest BCUT2D eigenvalue weighted by Gasteiger charge is 2.17. The van der Waals surface area contributed by atoms with E-state index in [-0.39, 0.29) is 17.9 Å². The highest BCUT2D eigenvalue weighted by Crippen LogP contribution is 2.33. The van der Waals surface area contributed by atoms with Crippen LogP contribution < -0.4 is 16.1 Å². The van der Waals surface area contributed by atoms with Crippen molar-refractivity contribution in [3.05, 3.63) is 58.7 Å². The normalized spacial score (nSPS) is 12.0. The van der Waals surface area contributed by atoms with Crippen LogP contribution in [0.3, 0.4) is 0 Å². The van der Waals surface area contributed by atoms with Gasteiger partial charge in [-0.2, -0.15) is 0 Å². The van der Waals surface area contributed by atoms with E-state index in [2.05, 4.69) is 0 Å². The van der Waals surface area contributed by atoms with E-state index in [1.54, 1.807) is 26.0 Å². The number of carbonyl (C=O) groups excluding carboxylic acids is 1. The molecule has 0 saturated heterocycles. The molecule has 0 bridgehead atoms. The zero-order valence-corrected chi connectivity index (χ0v) is 14.8. The molecular weight excluding hydrogens is 353 g/mol. The minimum atomic E-state index is -0.815. The zero-order chi connectivity index (χ0) is 19.6. The summed E-state index contributed by atoms with van der Waals surface area (Å²) in [5, 5.41) is 0.601. The van der Waals surface area contributed by atoms with Crippen molar-refractivity contribution in [2.24, 2.45) is 0 Å². The Morgan fingerprint density at radius 2 is 1.96 bits per heavy atom. The highest BCUT2D eigenvalue weighted by molar-refractivity contribution is 5.96. The fraction of sp³-hybridized carbons (Fsp3) is 0.200. The molecule has 7 heteroatoms. The Morgan fingerprint density at radius 3 is 2.67 bits per heavy atom. The van der Waals surface area contributed by atoms with Gasteiger partial charge in [0, 0.05) is 34.3 Å². The number of hydrogen-bond acceptors (Lipinski definition) is 6. The van der Waals surface area contributed by atoms with Gasteiger partial charge in [-0.3, -0.25) is 0 Å². The van der Waals surface area contributed by atoms with Crippen molar-refractivity contribution < 1.29 is 23.1 Å². The van der Waals surface area contributed by atoms with Gasteiger partial charge in [0.2, 0.25) is 0 Å². The number of ether oxygens (including phenoxy) is 2. The SMILES string of the molecule is CCOC(=O)[C@@H](C)Oc1ccc2c(-c3ccc(F)cc3N)cc(=O)oc2c1. The summed E-state index contributed by atoms with van der Waals surface area (Å²) in [4.78, 5) is 23.7. The van der Waals surface area contributed by atoms with Crippen molar-refractivity contribution in [3.8, 4) is 16.9 Å². The van der Waals surface area contributed by atoms with E-state index >= 15 is 0 Å². The van der Waals surface area contributed by atoms with Crippen molar-refractivity contribution in [2.75, 3.05) is 12.3 Å². The zero-order valence-electron chi connectivity index (χ0n) is 14.8. The molecule has 2 N–H and O–H groups in total. The van der Waals surface area contributed by atoms with E-state index in [0.29, 0.717) is 22.3 Å². The summed E-state index contributed by atoms with van der Waals surface area (Å²) in [6.07, 6.45) is -0.815. The number of fused-ring (bicyclic) bond motifs is 1. The summed E-state index contributed by atoms with van der Waals surface area (Å²) in [6, 6.07) is 10.1. The van der Waals surface area contributed by atoms with Crippen LogP contribution in [0.1, 0.15) is 13.8 Å². The van der Waals surface area contributed by atoms with E-state index in [4.69, 9.17) is 19.6 Å². The lowest BCUT2D eigenvalue weighted by Crippen LogP contribution is -2.26. The number of hydrogen-bond donors (Lipinski definition) is 1. The van der Waals surface area contributed by atoms with E-state index in [1.807, 2.05) is 0 Å². The number of halogens is 1. The van der Waals surface area contributed by atoms with Crippen LogP contribution in [0.2, 0.25) is 0 Å². The molecule has 0 aliphatic rings. The van der Waals surface area contributed by atoms with Gasteiger partial charge in [-0.15, -0.1) is 0 Å². The minimum Gasteiger partial charge on any atom is -0.479 e. The average Bonchev–Trinajstić information content (AvgIpc) is 2.61. The summed E-state index contributed by atoms with van der Waals surface area (Å²) in [6.45, 7) is 3.52. The number of anilines is 1. The number of carbonyl (C=O) groups is 1. The van der Waals surface area contributed by atoms with Gasteiger partial charge in [0.1, 0.15) is 17.1 Å². The first-order chi connectivity index (χ1) is 12.9. The molecule has 0 unspecified atom stereocenters. The van der Waals surface area contributed by atoms with Crippen LogP contribution in [0.4, 0.5) is 10.1 Å². The Kier molecular flexibility index (Phi) is 5.12. The molecule has 3 aromatic rings. The fourth-order valence-electron chi connectivity index (χ4n) is 2.73. The summed E-state index contributed by atoms with van der Waals surface area (Å²) in [5.74, 6) is -0.616. The Labute approximate surface area is 154 Å². The van der Waals surface area contributed by atoms with Gasteiger partial charge in [0.05, 0.1) is 6.61 Å². The molecule has 1 atom stereocenters. The van der Waals surface area contributed by atoms with Crippen LogP contribution >= 0.6 is 0 Å². The van der Waals surface area contributed by atoms with Gasteiger partial charge in [0.15, 0.2) is 6.10 Å². The van der Waals surface area contributed by atoms with Gasteiger partial charge in [0.25, 0.3) is 0 Å². The molecule has 0 saturated carbocycles. The number of rotatable bonds is 5. The summed E-state index contributed by atoms with van der Waals surface area (Å²) in [5.41, 5.74) is 6.82. The van der Waals surface area contributed by atoms with E-state index in [1.165, 1.54) is 30.3 Å². The molecule has 1 aromatic heterocycles. The summed E-state index contributed by atoms with van der Waals surface area (Å²) < 4.78 is 29.0. The average molecular weight is 371 g/mol. The molecule has 0 radical (unpaired) electrons. The van der Waals surface area contributed by atoms with Crippen molar-refractivity contribution in [3.63, 3.8) is 0 Å². The van der Waals surface area contributed by atoms with Gasteiger partial charge in [-0.1, -0.05) is 0 Å². The van der Waals surface area contributed by atoms with Crippen LogP contribution in [0, 0.1) is 5.82 Å². The van der Waals surface area contributed by atoms with Crippen LogP contribution in [0.15, 0.2) is 51.7 Å². The Balaban J connectivity index is 2.03. The van der Waals surface area contributed by atoms with Gasteiger partial charge in [-0.05, 0) is 44.2 Å². The maximum Gasteiger partial charge on any atom is 0.347 e. The Bertz CT molecular complexity index is 1060. The van der Waals surface area contributed by atoms with Gasteiger partial charge >= 0.3 is 11.6 Å². The van der Waals surface area contributed by atoms with E-state index < -0.39 is 23.5 Å². The van der Waals surface area contributed by atoms with Crippen molar-refractivity contribution in [1.82, 2.24) is 0 Å². The first kappa shape index (κ1) is 18.4. The monoisotopic (exact) mass is 371 g/mol. The van der Waals surface area contributed by atoms with Gasteiger partial charge < -0.3 is 19.6 Å². The highest BCUT2D eigenvalue weighted by atomic mass is 19.1. The third-order valence-electron chi connectivity index (χ3n) is 3.95. The van der Waals surface area contributed by atoms with Crippen molar-refractivity contribution in [2.45, 2.75) is 20.0 Å². The second-order valence-corrected chi connectivity index (χ2v) is 5.88. The molecular formula is C20H18FNO5. The molecule has 6 nitrogen and oxygen atoms in total. The third kappa shape index (κ3) is 3.92. The maximum atomic E-state index is 13.3. The molecule has 0 fully saturated rings. The number of nitrogens with two attached hydrogens (primary N) is 1. The molecule has 3 rings (SSSR count). The molecule has 0 amide bonds. The van der Waals surface area contributed by atoms with Crippen LogP contribution in [-0.4, -0.2) is 18.7 Å². The minimum absolute atomic E-state index is 0.207. The number of nitrogen functional groups attached to an aromatic ring is 1. The molecule has 2 aromatic carbocycles. The molecule has 0 aliphatic carbocycles. The smallest absolute Gasteiger partial charge is 0.347 e. The second-order valence-electron chi connectivity index (χ2n) is 5.88. The first-order valence-electron chi connectivity index (χ1n) is 8.35. The van der Waals surface area contributed by atoms with Crippen molar-refractivity contribution >= 4 is 22.6 Å². The maximum absolute atomic E-state index is 13.3. The summed E-state index contributed by atoms with van der Waals surface area (Å²) in [7, 11) is 0. The number of esters is 1. The van der Waals surface area contributed by atoms with E-state index in [0.717, 1.165) is 0 Å². The molecule has 140 valence electrons. The standard InChI is InChI=1S/C20H18FNO5/c1-3-25-20(24)11(2)26-13-5-7-15-16(10-19(23)27-18(15)9-13)14-6-4-12(21)8-17(14)22/h4-11H,3,22H2,1-2H3/t11-/m1/s1. The largest absolute Gasteiger partial charge is 0.479 e. The lowest BCUT2D eigenvalue weighted by Gasteiger charge is -2.14. The molecule has 0 aliphatic heterocycles. The van der Waals surface area contributed by atoms with Crippen LogP contribution in [0.25, 0.3) is 22.1 Å². The second kappa shape index (κ2) is 7.49. The Morgan fingerprint density at radius 1 is 1.19 bits per heavy atom. The topological polar surface area (TPSA) is 91.8 Å². The van der Waals surface area contributed by atoms with Crippen LogP contribution in [0.5, 0.6) is 5.75 Å². The van der Waals surface area contributed by atoms with Crippen LogP contribution in [-0.2, 0) is 9.53 Å². The lowest BCUT2D eigenvalue weighted by atomic mass is 10.0. The predicted molar refractivity (Wildman–Crippen MR) is 99.0 cm³/mol. The van der Waals surface area contributed by atoms with E-state index in [9.17, 15) is 14.0 Å². The summed E-state index contributed by atoms with van der Waals surface area (Å²) >= 11 is 0. The quantitative estimate of drug-likeness (QED) is 0.419. The molecule has 0 spiro atoms. The lowest BCUT2D eigenvalue weighted by molar-refractivity contribution is -0.150. The molecule has 27 heavy (non-hydrogen) atoms. The van der Waals surface area contributed by atoms with Crippen molar-refractivity contribution in [1.29, 1.82) is 0 Å². The molecule has 1 heterocycles. The Hall–Kier alpha value is -3.35. The third-order valence-corrected chi connectivity index (χ3v) is 3.95. The fourth-order valence-corrected chi connectivity index (χ4v) is 2.73.